The van der Waals surface area contributed by atoms with Crippen LogP contribution in [0, 0.1) is 0 Å². The molecular formula is C25H18N2O4S. The lowest BCUT2D eigenvalue weighted by atomic mass is 10.1. The number of benzene rings is 3. The lowest BCUT2D eigenvalue weighted by Crippen LogP contribution is -2.25. The van der Waals surface area contributed by atoms with Gasteiger partial charge in [0, 0.05) is 16.7 Å². The van der Waals surface area contributed by atoms with E-state index in [0.717, 1.165) is 16.8 Å². The van der Waals surface area contributed by atoms with Crippen molar-refractivity contribution >= 4 is 29.1 Å². The largest absolute Gasteiger partial charge is 0.482 e. The van der Waals surface area contributed by atoms with Gasteiger partial charge in [-0.3, -0.25) is 9.59 Å². The molecule has 3 aromatic carbocycles. The van der Waals surface area contributed by atoms with E-state index in [2.05, 4.69) is 10.3 Å². The van der Waals surface area contributed by atoms with Crippen molar-refractivity contribution in [3.63, 3.8) is 0 Å². The van der Waals surface area contributed by atoms with Gasteiger partial charge in [-0.05, 0) is 18.2 Å². The third-order valence-electron chi connectivity index (χ3n) is 4.95. The minimum atomic E-state index is -0.238. The van der Waals surface area contributed by atoms with E-state index < -0.39 is 0 Å². The first-order valence-corrected chi connectivity index (χ1v) is 11.0. The summed E-state index contributed by atoms with van der Waals surface area (Å²) in [7, 11) is 0. The van der Waals surface area contributed by atoms with Crippen LogP contribution >= 0.6 is 11.8 Å². The van der Waals surface area contributed by atoms with Crippen LogP contribution in [-0.4, -0.2) is 29.0 Å². The number of ether oxygens (including phenoxy) is 1. The molecule has 0 aliphatic carbocycles. The number of aromatic nitrogens is 1. The summed E-state index contributed by atoms with van der Waals surface area (Å²) >= 11 is 1.24. The van der Waals surface area contributed by atoms with Gasteiger partial charge in [-0.1, -0.05) is 72.4 Å². The van der Waals surface area contributed by atoms with Crippen LogP contribution in [0.3, 0.4) is 0 Å². The van der Waals surface area contributed by atoms with Gasteiger partial charge in [0.1, 0.15) is 11.4 Å². The molecule has 158 valence electrons. The maximum absolute atomic E-state index is 12.8. The molecule has 1 aliphatic rings. The molecule has 0 unspecified atom stereocenters. The number of nitrogens with zero attached hydrogens (tertiary/aromatic N) is 1. The Morgan fingerprint density at radius 3 is 2.44 bits per heavy atom. The van der Waals surface area contributed by atoms with Gasteiger partial charge in [0.2, 0.25) is 0 Å². The summed E-state index contributed by atoms with van der Waals surface area (Å²) in [6, 6.07) is 24.6. The number of fused-ring (bicyclic) bond motifs is 1. The fraction of sp³-hybridized carbons (Fsp3) is 0.0800. The zero-order chi connectivity index (χ0) is 21.9. The third kappa shape index (κ3) is 4.15. The van der Waals surface area contributed by atoms with Gasteiger partial charge >= 0.3 is 0 Å². The molecule has 0 fully saturated rings. The number of rotatable bonds is 6. The Kier molecular flexibility index (Phi) is 5.47. The van der Waals surface area contributed by atoms with Crippen molar-refractivity contribution in [1.29, 1.82) is 0 Å². The SMILES string of the molecule is O=C1COc2ccc(C(=O)CSc3nc(-c4ccccc4)c(-c4ccccc4)o3)cc2N1. The van der Waals surface area contributed by atoms with Crippen molar-refractivity contribution < 1.29 is 18.7 Å². The minimum Gasteiger partial charge on any atom is -0.482 e. The summed E-state index contributed by atoms with van der Waals surface area (Å²) in [5, 5.41) is 3.14. The Balaban J connectivity index is 1.38. The van der Waals surface area contributed by atoms with Crippen molar-refractivity contribution in [3.8, 4) is 28.3 Å². The number of oxazole rings is 1. The summed E-state index contributed by atoms with van der Waals surface area (Å²) < 4.78 is 11.4. The normalized spacial score (nSPS) is 12.6. The second-order valence-electron chi connectivity index (χ2n) is 7.15. The number of hydrogen-bond acceptors (Lipinski definition) is 6. The fourth-order valence-corrected chi connectivity index (χ4v) is 4.13. The van der Waals surface area contributed by atoms with E-state index in [0.29, 0.717) is 28.0 Å². The highest BCUT2D eigenvalue weighted by Crippen LogP contribution is 2.36. The summed E-state index contributed by atoms with van der Waals surface area (Å²) in [6.45, 7) is -0.0200. The molecule has 7 heteroatoms. The Hall–Kier alpha value is -3.84. The molecule has 6 nitrogen and oxygen atoms in total. The Morgan fingerprint density at radius 1 is 0.969 bits per heavy atom. The van der Waals surface area contributed by atoms with E-state index >= 15 is 0 Å². The van der Waals surface area contributed by atoms with Crippen LogP contribution in [0.4, 0.5) is 5.69 Å². The number of hydrogen-bond donors (Lipinski definition) is 1. The summed E-state index contributed by atoms with van der Waals surface area (Å²) in [5.74, 6) is 1.04. The van der Waals surface area contributed by atoms with E-state index in [-0.39, 0.29) is 24.1 Å². The Labute approximate surface area is 188 Å². The molecule has 0 saturated heterocycles. The van der Waals surface area contributed by atoms with E-state index in [1.807, 2.05) is 60.7 Å². The molecule has 1 aromatic heterocycles. The fourth-order valence-electron chi connectivity index (χ4n) is 3.41. The van der Waals surface area contributed by atoms with Gasteiger partial charge in [0.25, 0.3) is 11.1 Å². The highest BCUT2D eigenvalue weighted by atomic mass is 32.2. The average Bonchev–Trinajstić information content (AvgIpc) is 3.27. The lowest BCUT2D eigenvalue weighted by molar-refractivity contribution is -0.118. The van der Waals surface area contributed by atoms with Crippen LogP contribution in [0.5, 0.6) is 5.75 Å². The number of nitrogens with one attached hydrogen (secondary N) is 1. The molecule has 1 N–H and O–H groups in total. The zero-order valence-corrected chi connectivity index (χ0v) is 17.7. The van der Waals surface area contributed by atoms with Crippen molar-refractivity contribution in [1.82, 2.24) is 4.98 Å². The first-order chi connectivity index (χ1) is 15.7. The maximum Gasteiger partial charge on any atom is 0.262 e. The zero-order valence-electron chi connectivity index (χ0n) is 16.9. The monoisotopic (exact) mass is 442 g/mol. The van der Waals surface area contributed by atoms with Crippen molar-refractivity contribution in [3.05, 3.63) is 84.4 Å². The molecular weight excluding hydrogens is 424 g/mol. The average molecular weight is 442 g/mol. The number of anilines is 1. The summed E-state index contributed by atoms with van der Waals surface area (Å²) in [4.78, 5) is 29.0. The highest BCUT2D eigenvalue weighted by molar-refractivity contribution is 7.99. The van der Waals surface area contributed by atoms with E-state index in [9.17, 15) is 9.59 Å². The molecule has 0 spiro atoms. The van der Waals surface area contributed by atoms with Gasteiger partial charge in [-0.15, -0.1) is 0 Å². The molecule has 1 aliphatic heterocycles. The minimum absolute atomic E-state index is 0.0200. The van der Waals surface area contributed by atoms with E-state index in [1.165, 1.54) is 11.8 Å². The van der Waals surface area contributed by atoms with Crippen LogP contribution in [0.25, 0.3) is 22.6 Å². The topological polar surface area (TPSA) is 81.4 Å². The van der Waals surface area contributed by atoms with E-state index in [1.54, 1.807) is 18.2 Å². The molecule has 0 bridgehead atoms. The van der Waals surface area contributed by atoms with Gasteiger partial charge in [-0.25, -0.2) is 4.98 Å². The first kappa shape index (κ1) is 20.1. The Morgan fingerprint density at radius 2 is 1.69 bits per heavy atom. The van der Waals surface area contributed by atoms with Gasteiger partial charge < -0.3 is 14.5 Å². The number of carbonyl (C=O) groups excluding carboxylic acids is 2. The second kappa shape index (κ2) is 8.72. The number of amides is 1. The predicted octanol–water partition coefficient (Wildman–Crippen LogP) is 5.31. The maximum atomic E-state index is 12.8. The summed E-state index contributed by atoms with van der Waals surface area (Å²) in [6.07, 6.45) is 0. The summed E-state index contributed by atoms with van der Waals surface area (Å²) in [5.41, 5.74) is 3.59. The molecule has 5 rings (SSSR count). The molecule has 0 saturated carbocycles. The quantitative estimate of drug-likeness (QED) is 0.322. The first-order valence-electron chi connectivity index (χ1n) is 10.0. The number of thioether (sulfide) groups is 1. The van der Waals surface area contributed by atoms with Crippen LogP contribution < -0.4 is 10.1 Å². The molecule has 0 radical (unpaired) electrons. The molecule has 1 amide bonds. The second-order valence-corrected chi connectivity index (χ2v) is 8.08. The van der Waals surface area contributed by atoms with Crippen LogP contribution in [0.1, 0.15) is 10.4 Å². The Bertz CT molecular complexity index is 1230. The van der Waals surface area contributed by atoms with Crippen LogP contribution in [0.2, 0.25) is 0 Å². The van der Waals surface area contributed by atoms with Gasteiger partial charge in [0.15, 0.2) is 18.2 Å². The third-order valence-corrected chi connectivity index (χ3v) is 5.78. The molecule has 2 heterocycles. The highest BCUT2D eigenvalue weighted by Gasteiger charge is 2.20. The number of carbonyl (C=O) groups is 2. The number of Topliss-reactive ketones (excluding diaryl/α,β-unsaturated/α-hetero) is 1. The smallest absolute Gasteiger partial charge is 0.262 e. The molecule has 32 heavy (non-hydrogen) atoms. The van der Waals surface area contributed by atoms with Crippen LogP contribution in [0.15, 0.2) is 88.5 Å². The number of ketones is 1. The van der Waals surface area contributed by atoms with E-state index in [4.69, 9.17) is 9.15 Å². The lowest BCUT2D eigenvalue weighted by Gasteiger charge is -2.18. The standard InChI is InChI=1S/C25H18N2O4S/c28-20(18-11-12-21-19(13-18)26-22(29)14-30-21)15-32-25-27-23(16-7-3-1-4-8-16)24(31-25)17-9-5-2-6-10-17/h1-13H,14-15H2,(H,26,29). The molecule has 0 atom stereocenters. The van der Waals surface area contributed by atoms with Gasteiger partial charge in [0.05, 0.1) is 11.4 Å². The van der Waals surface area contributed by atoms with Crippen molar-refractivity contribution in [2.24, 2.45) is 0 Å². The van der Waals surface area contributed by atoms with Crippen molar-refractivity contribution in [2.45, 2.75) is 5.22 Å². The predicted molar refractivity (Wildman–Crippen MR) is 123 cm³/mol. The van der Waals surface area contributed by atoms with Gasteiger partial charge in [-0.2, -0.15) is 0 Å². The molecule has 4 aromatic rings. The van der Waals surface area contributed by atoms with Crippen molar-refractivity contribution in [2.75, 3.05) is 17.7 Å². The van der Waals surface area contributed by atoms with Crippen LogP contribution in [-0.2, 0) is 4.79 Å².